The molecule has 0 saturated carbocycles. The van der Waals surface area contributed by atoms with Crippen LogP contribution in [0.2, 0.25) is 0 Å². The summed E-state index contributed by atoms with van der Waals surface area (Å²) in [5.74, 6) is -0.941. The summed E-state index contributed by atoms with van der Waals surface area (Å²) in [6, 6.07) is 4.68. The number of amides is 2. The summed E-state index contributed by atoms with van der Waals surface area (Å²) in [7, 11) is 1.46. The molecule has 0 fully saturated rings. The molecule has 0 aliphatic carbocycles. The van der Waals surface area contributed by atoms with Gasteiger partial charge in [0, 0.05) is 18.7 Å². The van der Waals surface area contributed by atoms with Gasteiger partial charge in [0.2, 0.25) is 5.91 Å². The van der Waals surface area contributed by atoms with E-state index >= 15 is 0 Å². The minimum absolute atomic E-state index is 0.0557. The van der Waals surface area contributed by atoms with E-state index < -0.39 is 23.9 Å². The summed E-state index contributed by atoms with van der Waals surface area (Å²) in [6.07, 6.45) is -4.79. The number of hydrogen-bond acceptors (Lipinski definition) is 5. The average molecular weight is 399 g/mol. The predicted octanol–water partition coefficient (Wildman–Crippen LogP) is 3.72. The number of likely N-dealkylation sites (N-methyl/N-ethyl adjacent to an activating group) is 1. The normalized spacial score (nSPS) is 11.4. The van der Waals surface area contributed by atoms with Gasteiger partial charge in [0.25, 0.3) is 5.91 Å². The van der Waals surface area contributed by atoms with Gasteiger partial charge in [-0.3, -0.25) is 9.59 Å². The Morgan fingerprint density at radius 1 is 1.25 bits per heavy atom. The fourth-order valence-corrected chi connectivity index (χ4v) is 2.46. The number of rotatable bonds is 6. The summed E-state index contributed by atoms with van der Waals surface area (Å²) in [6.45, 7) is 5.09. The topological polar surface area (TPSA) is 84.7 Å². The molecule has 0 saturated heterocycles. The maximum Gasteiger partial charge on any atom is 0.573 e. The fourth-order valence-electron chi connectivity index (χ4n) is 2.46. The highest BCUT2D eigenvalue weighted by atomic mass is 19.4. The van der Waals surface area contributed by atoms with Crippen molar-refractivity contribution in [3.63, 3.8) is 0 Å². The van der Waals surface area contributed by atoms with Gasteiger partial charge in [0.1, 0.15) is 11.3 Å². The number of ether oxygens (including phenoxy) is 1. The number of aromatic nitrogens is 1. The van der Waals surface area contributed by atoms with Crippen molar-refractivity contribution in [2.24, 2.45) is 0 Å². The molecule has 0 aliphatic rings. The number of benzene rings is 1. The Hall–Kier alpha value is -3.04. The van der Waals surface area contributed by atoms with Crippen LogP contribution in [0.25, 0.3) is 0 Å². The Kier molecular flexibility index (Phi) is 6.32. The van der Waals surface area contributed by atoms with Gasteiger partial charge in [0.05, 0.1) is 12.2 Å². The highest BCUT2D eigenvalue weighted by Gasteiger charge is 2.31. The third kappa shape index (κ3) is 5.48. The maximum absolute atomic E-state index is 12.6. The molecular weight excluding hydrogens is 379 g/mol. The lowest BCUT2D eigenvalue weighted by Gasteiger charge is -2.17. The van der Waals surface area contributed by atoms with Crippen LogP contribution in [0.5, 0.6) is 5.75 Å². The minimum Gasteiger partial charge on any atom is -0.406 e. The van der Waals surface area contributed by atoms with Gasteiger partial charge < -0.3 is 19.5 Å². The van der Waals surface area contributed by atoms with Crippen molar-refractivity contribution < 1.29 is 32.0 Å². The van der Waals surface area contributed by atoms with Crippen molar-refractivity contribution in [1.82, 2.24) is 10.1 Å². The number of carbonyl (C=O) groups excluding carboxylic acids is 2. The largest absolute Gasteiger partial charge is 0.573 e. The van der Waals surface area contributed by atoms with Crippen LogP contribution in [0.4, 0.5) is 18.9 Å². The molecule has 7 nitrogen and oxygen atoms in total. The molecule has 2 amide bonds. The predicted molar refractivity (Wildman–Crippen MR) is 94.0 cm³/mol. The Bertz CT molecular complexity index is 845. The molecule has 0 radical (unpaired) electrons. The van der Waals surface area contributed by atoms with Crippen LogP contribution in [0, 0.1) is 6.92 Å². The van der Waals surface area contributed by atoms with E-state index in [1.54, 1.807) is 6.92 Å². The molecule has 2 aromatic rings. The van der Waals surface area contributed by atoms with E-state index in [1.807, 2.05) is 13.8 Å². The van der Waals surface area contributed by atoms with E-state index in [9.17, 15) is 22.8 Å². The molecular formula is C18H20F3N3O4. The second-order valence-corrected chi connectivity index (χ2v) is 6.44. The van der Waals surface area contributed by atoms with E-state index in [1.165, 1.54) is 24.1 Å². The third-order valence-corrected chi connectivity index (χ3v) is 3.73. The van der Waals surface area contributed by atoms with Crippen molar-refractivity contribution in [2.75, 3.05) is 18.9 Å². The quantitative estimate of drug-likeness (QED) is 0.800. The number of aryl methyl sites for hydroxylation is 1. The first-order chi connectivity index (χ1) is 13.0. The van der Waals surface area contributed by atoms with Crippen LogP contribution in [0.15, 0.2) is 28.8 Å². The van der Waals surface area contributed by atoms with E-state index in [2.05, 4.69) is 15.2 Å². The van der Waals surface area contributed by atoms with Crippen molar-refractivity contribution >= 4 is 17.5 Å². The zero-order chi connectivity index (χ0) is 21.1. The van der Waals surface area contributed by atoms with Crippen LogP contribution < -0.4 is 10.1 Å². The molecule has 0 atom stereocenters. The molecule has 2 rings (SSSR count). The molecule has 0 spiro atoms. The number of carbonyl (C=O) groups is 2. The first-order valence-electron chi connectivity index (χ1n) is 8.35. The van der Waals surface area contributed by atoms with Crippen molar-refractivity contribution in [3.8, 4) is 5.75 Å². The Labute approximate surface area is 159 Å². The number of hydrogen-bond donors (Lipinski definition) is 1. The standard InChI is InChI=1S/C18H20F3N3O4/c1-10(2)16-15(11(3)23-28-16)17(26)24(4)9-14(25)22-12-5-7-13(8-6-12)27-18(19,20)21/h5-8,10H,9H2,1-4H3,(H,22,25). The van der Waals surface area contributed by atoms with E-state index in [0.717, 1.165) is 12.1 Å². The zero-order valence-electron chi connectivity index (χ0n) is 15.8. The first kappa shape index (κ1) is 21.3. The molecule has 10 heteroatoms. The summed E-state index contributed by atoms with van der Waals surface area (Å²) in [4.78, 5) is 26.0. The van der Waals surface area contributed by atoms with Gasteiger partial charge in [-0.1, -0.05) is 19.0 Å². The van der Waals surface area contributed by atoms with Crippen LogP contribution in [-0.2, 0) is 4.79 Å². The first-order valence-corrected chi connectivity index (χ1v) is 8.35. The molecule has 1 aromatic heterocycles. The van der Waals surface area contributed by atoms with E-state index in [4.69, 9.17) is 4.52 Å². The Morgan fingerprint density at radius 2 is 1.86 bits per heavy atom. The van der Waals surface area contributed by atoms with Crippen LogP contribution >= 0.6 is 0 Å². The van der Waals surface area contributed by atoms with Crippen molar-refractivity contribution in [2.45, 2.75) is 33.1 Å². The molecule has 1 aromatic carbocycles. The van der Waals surface area contributed by atoms with E-state index in [-0.39, 0.29) is 18.2 Å². The molecule has 0 bridgehead atoms. The lowest BCUT2D eigenvalue weighted by atomic mass is 10.0. The highest BCUT2D eigenvalue weighted by Crippen LogP contribution is 2.25. The number of nitrogens with one attached hydrogen (secondary N) is 1. The monoisotopic (exact) mass is 399 g/mol. The number of halogens is 3. The average Bonchev–Trinajstić information content (AvgIpc) is 2.96. The molecule has 0 unspecified atom stereocenters. The van der Waals surface area contributed by atoms with Gasteiger partial charge in [-0.05, 0) is 31.2 Å². The summed E-state index contributed by atoms with van der Waals surface area (Å²) in [5, 5.41) is 6.31. The Balaban J connectivity index is 1.99. The maximum atomic E-state index is 12.6. The van der Waals surface area contributed by atoms with Gasteiger partial charge in [-0.15, -0.1) is 13.2 Å². The minimum atomic E-state index is -4.79. The van der Waals surface area contributed by atoms with Gasteiger partial charge in [-0.25, -0.2) is 0 Å². The van der Waals surface area contributed by atoms with Crippen LogP contribution in [-0.4, -0.2) is 41.8 Å². The lowest BCUT2D eigenvalue weighted by molar-refractivity contribution is -0.274. The smallest absolute Gasteiger partial charge is 0.406 e. The van der Waals surface area contributed by atoms with Crippen molar-refractivity contribution in [3.05, 3.63) is 41.3 Å². The zero-order valence-corrected chi connectivity index (χ0v) is 15.8. The summed E-state index contributed by atoms with van der Waals surface area (Å²) < 4.78 is 45.4. The highest BCUT2D eigenvalue weighted by molar-refractivity contribution is 6.00. The van der Waals surface area contributed by atoms with Crippen LogP contribution in [0.3, 0.4) is 0 Å². The summed E-state index contributed by atoms with van der Waals surface area (Å²) in [5.41, 5.74) is 1.02. The van der Waals surface area contributed by atoms with Gasteiger partial charge in [0.15, 0.2) is 5.76 Å². The molecule has 1 heterocycles. The van der Waals surface area contributed by atoms with Crippen LogP contribution in [0.1, 0.15) is 41.6 Å². The fraction of sp³-hybridized carbons (Fsp3) is 0.389. The number of nitrogens with zero attached hydrogens (tertiary/aromatic N) is 2. The van der Waals surface area contributed by atoms with E-state index in [0.29, 0.717) is 17.0 Å². The second-order valence-electron chi connectivity index (χ2n) is 6.44. The Morgan fingerprint density at radius 3 is 2.39 bits per heavy atom. The summed E-state index contributed by atoms with van der Waals surface area (Å²) >= 11 is 0. The molecule has 28 heavy (non-hydrogen) atoms. The molecule has 152 valence electrons. The molecule has 1 N–H and O–H groups in total. The lowest BCUT2D eigenvalue weighted by Crippen LogP contribution is -2.35. The second kappa shape index (κ2) is 8.32. The van der Waals surface area contributed by atoms with Gasteiger partial charge in [-0.2, -0.15) is 0 Å². The molecule has 0 aliphatic heterocycles. The number of alkyl halides is 3. The third-order valence-electron chi connectivity index (χ3n) is 3.73. The van der Waals surface area contributed by atoms with Crippen molar-refractivity contribution in [1.29, 1.82) is 0 Å². The number of anilines is 1. The SMILES string of the molecule is Cc1noc(C(C)C)c1C(=O)N(C)CC(=O)Nc1ccc(OC(F)(F)F)cc1. The van der Waals surface area contributed by atoms with Gasteiger partial charge >= 0.3 is 6.36 Å².